The van der Waals surface area contributed by atoms with E-state index in [0.29, 0.717) is 0 Å². The number of nitrogens with zero attached hydrogens (tertiary/aromatic N) is 3. The molecule has 0 unspecified atom stereocenters. The summed E-state index contributed by atoms with van der Waals surface area (Å²) in [7, 11) is 0. The van der Waals surface area contributed by atoms with Crippen LogP contribution in [-0.2, 0) is 6.54 Å². The summed E-state index contributed by atoms with van der Waals surface area (Å²) in [6, 6.07) is 8.61. The number of aromatic nitrogens is 2. The Kier molecular flexibility index (Phi) is 2.12. The molecule has 3 rings (SSSR count). The lowest BCUT2D eigenvalue weighted by molar-refractivity contribution is 0.127. The molecule has 1 fully saturated rings. The molecule has 2 aromatic rings. The predicted octanol–water partition coefficient (Wildman–Crippen LogP) is 1.52. The van der Waals surface area contributed by atoms with Crippen molar-refractivity contribution in [2.45, 2.75) is 6.54 Å². The Balaban J connectivity index is 1.73. The average Bonchev–Trinajstić information content (AvgIpc) is 2.69. The van der Waals surface area contributed by atoms with E-state index in [9.17, 15) is 0 Å². The minimum Gasteiger partial charge on any atom is -0.296 e. The molecule has 0 atom stereocenters. The van der Waals surface area contributed by atoms with Crippen molar-refractivity contribution in [2.24, 2.45) is 5.92 Å². The summed E-state index contributed by atoms with van der Waals surface area (Å²) in [4.78, 5) is 2.28. The van der Waals surface area contributed by atoms with Gasteiger partial charge in [-0.25, -0.2) is 0 Å². The zero-order valence-electron chi connectivity index (χ0n) is 8.85. The highest BCUT2D eigenvalue weighted by atomic mass is 15.2. The minimum atomic E-state index is 0.232. The average molecular weight is 212 g/mol. The van der Waals surface area contributed by atoms with Crippen molar-refractivity contribution in [3.05, 3.63) is 30.0 Å². The fourth-order valence-electron chi connectivity index (χ4n) is 2.12. The second-order valence-corrected chi connectivity index (χ2v) is 4.31. The first-order valence-corrected chi connectivity index (χ1v) is 5.39. The lowest BCUT2D eigenvalue weighted by atomic mass is 10.0. The van der Waals surface area contributed by atoms with Crippen LogP contribution in [0.5, 0.6) is 0 Å². The Morgan fingerprint density at radius 2 is 2.38 bits per heavy atom. The first kappa shape index (κ1) is 9.37. The van der Waals surface area contributed by atoms with Crippen molar-refractivity contribution in [1.82, 2.24) is 15.1 Å². The number of hydrogen-bond acceptors (Lipinski definition) is 3. The Morgan fingerprint density at radius 1 is 1.50 bits per heavy atom. The van der Waals surface area contributed by atoms with Crippen LogP contribution in [0.15, 0.2) is 24.4 Å². The van der Waals surface area contributed by atoms with Crippen molar-refractivity contribution >= 4 is 10.9 Å². The molecule has 1 aromatic carbocycles. The van der Waals surface area contributed by atoms with E-state index in [2.05, 4.69) is 39.4 Å². The molecular formula is C12H12N4. The van der Waals surface area contributed by atoms with Crippen LogP contribution in [0.4, 0.5) is 0 Å². The van der Waals surface area contributed by atoms with Gasteiger partial charge in [-0.05, 0) is 11.6 Å². The molecule has 0 radical (unpaired) electrons. The number of rotatable bonds is 2. The van der Waals surface area contributed by atoms with Crippen LogP contribution in [0.25, 0.3) is 10.9 Å². The molecule has 80 valence electrons. The Labute approximate surface area is 93.5 Å². The first-order chi connectivity index (χ1) is 7.85. The lowest BCUT2D eigenvalue weighted by Crippen LogP contribution is -2.45. The SMILES string of the molecule is N#CC1CN(Cc2ccc3cn[nH]c3c2)C1. The molecule has 1 N–H and O–H groups in total. The molecule has 2 heterocycles. The van der Waals surface area contributed by atoms with E-state index in [1.54, 1.807) is 0 Å². The molecule has 0 amide bonds. The van der Waals surface area contributed by atoms with Gasteiger partial charge in [-0.1, -0.05) is 12.1 Å². The summed E-state index contributed by atoms with van der Waals surface area (Å²) < 4.78 is 0. The maximum absolute atomic E-state index is 8.69. The van der Waals surface area contributed by atoms with E-state index in [0.717, 1.165) is 30.5 Å². The third kappa shape index (κ3) is 1.55. The Hall–Kier alpha value is -1.86. The van der Waals surface area contributed by atoms with Gasteiger partial charge in [0.05, 0.1) is 23.7 Å². The quantitative estimate of drug-likeness (QED) is 0.821. The molecule has 4 nitrogen and oxygen atoms in total. The van der Waals surface area contributed by atoms with Gasteiger partial charge in [0.1, 0.15) is 0 Å². The number of hydrogen-bond donors (Lipinski definition) is 1. The summed E-state index contributed by atoms with van der Waals surface area (Å²) in [5.74, 6) is 0.232. The number of H-pyrrole nitrogens is 1. The Morgan fingerprint density at radius 3 is 3.19 bits per heavy atom. The predicted molar refractivity (Wildman–Crippen MR) is 60.5 cm³/mol. The highest BCUT2D eigenvalue weighted by molar-refractivity contribution is 5.78. The summed E-state index contributed by atoms with van der Waals surface area (Å²) in [5, 5.41) is 16.8. The fourth-order valence-corrected chi connectivity index (χ4v) is 2.12. The number of likely N-dealkylation sites (tertiary alicyclic amines) is 1. The number of aromatic amines is 1. The van der Waals surface area contributed by atoms with Crippen LogP contribution in [-0.4, -0.2) is 28.2 Å². The zero-order valence-corrected chi connectivity index (χ0v) is 8.85. The van der Waals surface area contributed by atoms with Gasteiger partial charge in [0, 0.05) is 25.0 Å². The summed E-state index contributed by atoms with van der Waals surface area (Å²) in [6.45, 7) is 2.72. The van der Waals surface area contributed by atoms with Gasteiger partial charge < -0.3 is 0 Å². The number of nitrogens with one attached hydrogen (secondary N) is 1. The third-order valence-corrected chi connectivity index (χ3v) is 3.05. The summed E-state index contributed by atoms with van der Waals surface area (Å²) >= 11 is 0. The van der Waals surface area contributed by atoms with Gasteiger partial charge in [0.2, 0.25) is 0 Å². The standard InChI is InChI=1S/C12H12N4/c13-4-10-7-16(8-10)6-9-1-2-11-5-14-15-12(11)3-9/h1-3,5,10H,6-8H2,(H,14,15). The topological polar surface area (TPSA) is 55.7 Å². The second-order valence-electron chi connectivity index (χ2n) is 4.31. The molecular weight excluding hydrogens is 200 g/mol. The number of benzene rings is 1. The van der Waals surface area contributed by atoms with Gasteiger partial charge in [-0.2, -0.15) is 10.4 Å². The van der Waals surface area contributed by atoms with Gasteiger partial charge in [-0.3, -0.25) is 10.00 Å². The normalized spacial score (nSPS) is 17.2. The highest BCUT2D eigenvalue weighted by Gasteiger charge is 2.25. The second kappa shape index (κ2) is 3.62. The van der Waals surface area contributed by atoms with E-state index in [1.165, 1.54) is 5.56 Å². The van der Waals surface area contributed by atoms with E-state index in [4.69, 9.17) is 5.26 Å². The summed E-state index contributed by atoms with van der Waals surface area (Å²) in [6.07, 6.45) is 1.83. The van der Waals surface area contributed by atoms with Crippen LogP contribution in [0.2, 0.25) is 0 Å². The molecule has 4 heteroatoms. The zero-order chi connectivity index (χ0) is 11.0. The molecule has 0 aliphatic carbocycles. The van der Waals surface area contributed by atoms with E-state index >= 15 is 0 Å². The monoisotopic (exact) mass is 212 g/mol. The molecule has 0 bridgehead atoms. The minimum absolute atomic E-state index is 0.232. The van der Waals surface area contributed by atoms with Crippen LogP contribution in [0.1, 0.15) is 5.56 Å². The van der Waals surface area contributed by atoms with Crippen molar-refractivity contribution in [3.8, 4) is 6.07 Å². The first-order valence-electron chi connectivity index (χ1n) is 5.39. The van der Waals surface area contributed by atoms with E-state index < -0.39 is 0 Å². The van der Waals surface area contributed by atoms with Gasteiger partial charge in [-0.15, -0.1) is 0 Å². The fraction of sp³-hybridized carbons (Fsp3) is 0.333. The Bertz CT molecular complexity index is 545. The van der Waals surface area contributed by atoms with Gasteiger partial charge in [0.25, 0.3) is 0 Å². The van der Waals surface area contributed by atoms with Crippen LogP contribution < -0.4 is 0 Å². The van der Waals surface area contributed by atoms with E-state index in [1.807, 2.05) is 6.20 Å². The molecule has 0 spiro atoms. The van der Waals surface area contributed by atoms with Gasteiger partial charge >= 0.3 is 0 Å². The van der Waals surface area contributed by atoms with Crippen molar-refractivity contribution < 1.29 is 0 Å². The molecule has 16 heavy (non-hydrogen) atoms. The third-order valence-electron chi connectivity index (χ3n) is 3.05. The smallest absolute Gasteiger partial charge is 0.0717 e. The van der Waals surface area contributed by atoms with Crippen LogP contribution in [0.3, 0.4) is 0 Å². The van der Waals surface area contributed by atoms with Crippen molar-refractivity contribution in [2.75, 3.05) is 13.1 Å². The lowest BCUT2D eigenvalue weighted by Gasteiger charge is -2.35. The van der Waals surface area contributed by atoms with Crippen LogP contribution >= 0.6 is 0 Å². The summed E-state index contributed by atoms with van der Waals surface area (Å²) in [5.41, 5.74) is 2.35. The highest BCUT2D eigenvalue weighted by Crippen LogP contribution is 2.19. The molecule has 1 aliphatic rings. The van der Waals surface area contributed by atoms with Crippen molar-refractivity contribution in [1.29, 1.82) is 5.26 Å². The maximum Gasteiger partial charge on any atom is 0.0717 e. The van der Waals surface area contributed by atoms with Gasteiger partial charge in [0.15, 0.2) is 0 Å². The van der Waals surface area contributed by atoms with E-state index in [-0.39, 0.29) is 5.92 Å². The number of fused-ring (bicyclic) bond motifs is 1. The largest absolute Gasteiger partial charge is 0.296 e. The molecule has 1 aliphatic heterocycles. The van der Waals surface area contributed by atoms with Crippen LogP contribution in [0, 0.1) is 17.2 Å². The maximum atomic E-state index is 8.69. The molecule has 1 saturated heterocycles. The van der Waals surface area contributed by atoms with Crippen molar-refractivity contribution in [3.63, 3.8) is 0 Å². The number of nitriles is 1. The molecule has 1 aromatic heterocycles. The molecule has 0 saturated carbocycles.